The number of benzene rings is 1. The van der Waals surface area contributed by atoms with Crippen molar-refractivity contribution in [3.63, 3.8) is 0 Å². The van der Waals surface area contributed by atoms with Gasteiger partial charge in [0.05, 0.1) is 5.41 Å². The summed E-state index contributed by atoms with van der Waals surface area (Å²) in [5.41, 5.74) is 0.0149. The minimum atomic E-state index is -0.519. The van der Waals surface area contributed by atoms with Gasteiger partial charge in [-0.3, -0.25) is 9.59 Å². The van der Waals surface area contributed by atoms with E-state index in [1.54, 1.807) is 27.8 Å². The summed E-state index contributed by atoms with van der Waals surface area (Å²) >= 11 is 0. The number of rotatable bonds is 6. The highest BCUT2D eigenvalue weighted by Crippen LogP contribution is 2.40. The summed E-state index contributed by atoms with van der Waals surface area (Å²) in [6.07, 6.45) is 4.93. The Morgan fingerprint density at radius 1 is 1.21 bits per heavy atom. The highest BCUT2D eigenvalue weighted by Gasteiger charge is 2.49. The highest BCUT2D eigenvalue weighted by molar-refractivity contribution is 5.86. The molecule has 0 saturated carbocycles. The van der Waals surface area contributed by atoms with Crippen molar-refractivity contribution in [1.29, 1.82) is 0 Å². The smallest absolute Gasteiger partial charge is 0.230 e. The molecule has 9 heteroatoms. The minimum Gasteiger partial charge on any atom is -0.342 e. The number of aromatic nitrogens is 4. The van der Waals surface area contributed by atoms with E-state index in [0.29, 0.717) is 51.0 Å². The lowest BCUT2D eigenvalue weighted by molar-refractivity contribution is -0.146. The number of carbonyl (C=O) groups is 2. The lowest BCUT2D eigenvalue weighted by Gasteiger charge is -2.39. The first-order chi connectivity index (χ1) is 14.1. The van der Waals surface area contributed by atoms with Gasteiger partial charge in [0.2, 0.25) is 11.8 Å². The summed E-state index contributed by atoms with van der Waals surface area (Å²) in [6, 6.07) is 6.58. The number of nitrogens with zero attached hydrogens (tertiary/aromatic N) is 6. The number of hydrogen-bond acceptors (Lipinski definition) is 5. The molecule has 1 spiro atoms. The number of halogens is 1. The number of piperidine rings is 1. The summed E-state index contributed by atoms with van der Waals surface area (Å²) in [5, 5.41) is 10.9. The maximum atomic E-state index is 14.0. The van der Waals surface area contributed by atoms with Gasteiger partial charge in [-0.2, -0.15) is 0 Å². The number of likely N-dealkylation sites (tertiary alicyclic amines) is 2. The van der Waals surface area contributed by atoms with E-state index in [1.165, 1.54) is 12.4 Å². The van der Waals surface area contributed by atoms with Gasteiger partial charge in [-0.1, -0.05) is 18.2 Å². The van der Waals surface area contributed by atoms with Gasteiger partial charge < -0.3 is 9.80 Å². The van der Waals surface area contributed by atoms with Gasteiger partial charge in [0.25, 0.3) is 0 Å². The van der Waals surface area contributed by atoms with Gasteiger partial charge in [-0.15, -0.1) is 5.10 Å². The molecule has 2 aliphatic rings. The van der Waals surface area contributed by atoms with Crippen LogP contribution in [0.5, 0.6) is 0 Å². The Morgan fingerprint density at radius 3 is 2.86 bits per heavy atom. The fourth-order valence-electron chi connectivity index (χ4n) is 4.43. The molecule has 0 N–H and O–H groups in total. The Labute approximate surface area is 168 Å². The van der Waals surface area contributed by atoms with Crippen LogP contribution in [0.1, 0.15) is 37.7 Å². The van der Waals surface area contributed by atoms with Gasteiger partial charge in [0, 0.05) is 44.7 Å². The molecule has 3 heterocycles. The average Bonchev–Trinajstić information content (AvgIpc) is 3.38. The van der Waals surface area contributed by atoms with Crippen LogP contribution in [0.4, 0.5) is 4.39 Å². The van der Waals surface area contributed by atoms with Gasteiger partial charge in [-0.05, 0) is 42.2 Å². The summed E-state index contributed by atoms with van der Waals surface area (Å²) in [6.45, 7) is 2.57. The zero-order chi connectivity index (χ0) is 20.3. The molecular weight excluding hydrogens is 375 g/mol. The molecule has 2 aliphatic heterocycles. The molecule has 1 aromatic heterocycles. The van der Waals surface area contributed by atoms with Crippen LogP contribution >= 0.6 is 0 Å². The Balaban J connectivity index is 1.35. The number of tetrazole rings is 1. The van der Waals surface area contributed by atoms with E-state index in [2.05, 4.69) is 15.5 Å². The van der Waals surface area contributed by atoms with Crippen LogP contribution in [0.25, 0.3) is 0 Å². The molecule has 2 fully saturated rings. The van der Waals surface area contributed by atoms with E-state index in [4.69, 9.17) is 0 Å². The van der Waals surface area contributed by atoms with Gasteiger partial charge >= 0.3 is 0 Å². The fourth-order valence-corrected chi connectivity index (χ4v) is 4.43. The van der Waals surface area contributed by atoms with Crippen LogP contribution in [-0.2, 0) is 22.7 Å². The van der Waals surface area contributed by atoms with Crippen LogP contribution in [0.2, 0.25) is 0 Å². The molecule has 1 aromatic carbocycles. The molecule has 1 unspecified atom stereocenters. The Morgan fingerprint density at radius 2 is 2.07 bits per heavy atom. The third-order valence-electron chi connectivity index (χ3n) is 6.02. The molecule has 1 atom stereocenters. The van der Waals surface area contributed by atoms with Crippen LogP contribution in [-0.4, -0.2) is 61.5 Å². The summed E-state index contributed by atoms with van der Waals surface area (Å²) in [5.74, 6) is -0.171. The van der Waals surface area contributed by atoms with Crippen molar-refractivity contribution in [2.75, 3.05) is 19.6 Å². The molecule has 0 radical (unpaired) electrons. The van der Waals surface area contributed by atoms with Gasteiger partial charge in [-0.25, -0.2) is 9.07 Å². The van der Waals surface area contributed by atoms with Crippen molar-refractivity contribution >= 4 is 11.8 Å². The third-order valence-corrected chi connectivity index (χ3v) is 6.02. The van der Waals surface area contributed by atoms with E-state index in [1.807, 2.05) is 4.90 Å². The number of amides is 2. The maximum Gasteiger partial charge on any atom is 0.230 e. The third kappa shape index (κ3) is 4.13. The van der Waals surface area contributed by atoms with Crippen molar-refractivity contribution in [1.82, 2.24) is 30.0 Å². The molecule has 154 valence electrons. The second-order valence-electron chi connectivity index (χ2n) is 7.94. The SMILES string of the molecule is O=C(CCCn1cnnn1)N1CCC2(CCCN(Cc3ccccc3F)C2=O)C1. The summed E-state index contributed by atoms with van der Waals surface area (Å²) in [4.78, 5) is 29.4. The first-order valence-electron chi connectivity index (χ1n) is 10.1. The molecule has 0 aliphatic carbocycles. The van der Waals surface area contributed by atoms with E-state index < -0.39 is 5.41 Å². The average molecular weight is 400 g/mol. The first kappa shape index (κ1) is 19.5. The van der Waals surface area contributed by atoms with Crippen molar-refractivity contribution in [2.24, 2.45) is 5.41 Å². The van der Waals surface area contributed by atoms with Crippen LogP contribution in [0.3, 0.4) is 0 Å². The Bertz CT molecular complexity index is 874. The standard InChI is InChI=1S/C20H25FN6O2/c21-17-6-2-1-5-16(17)13-25-10-4-8-20(19(25)29)9-12-26(14-20)18(28)7-3-11-27-15-22-23-24-27/h1-2,5-6,15H,3-4,7-14H2. The minimum absolute atomic E-state index is 0.0518. The van der Waals surface area contributed by atoms with Crippen molar-refractivity contribution < 1.29 is 14.0 Å². The Kier molecular flexibility index (Phi) is 5.55. The van der Waals surface area contributed by atoms with Gasteiger partial charge in [0.15, 0.2) is 0 Å². The van der Waals surface area contributed by atoms with E-state index in [-0.39, 0.29) is 24.2 Å². The topological polar surface area (TPSA) is 84.2 Å². The zero-order valence-electron chi connectivity index (χ0n) is 16.3. The lowest BCUT2D eigenvalue weighted by atomic mass is 9.78. The number of hydrogen-bond donors (Lipinski definition) is 0. The van der Waals surface area contributed by atoms with Crippen molar-refractivity contribution in [2.45, 2.75) is 45.2 Å². The quantitative estimate of drug-likeness (QED) is 0.736. The second-order valence-corrected chi connectivity index (χ2v) is 7.94. The van der Waals surface area contributed by atoms with Crippen molar-refractivity contribution in [3.05, 3.63) is 42.0 Å². The van der Waals surface area contributed by atoms with Crippen LogP contribution in [0.15, 0.2) is 30.6 Å². The van der Waals surface area contributed by atoms with E-state index in [0.717, 1.165) is 12.8 Å². The zero-order valence-corrected chi connectivity index (χ0v) is 16.3. The monoisotopic (exact) mass is 400 g/mol. The summed E-state index contributed by atoms with van der Waals surface area (Å²) in [7, 11) is 0. The predicted molar refractivity (Wildman–Crippen MR) is 102 cm³/mol. The molecule has 2 amide bonds. The lowest BCUT2D eigenvalue weighted by Crippen LogP contribution is -2.50. The van der Waals surface area contributed by atoms with Crippen LogP contribution < -0.4 is 0 Å². The predicted octanol–water partition coefficient (Wildman–Crippen LogP) is 1.63. The number of carbonyl (C=O) groups excluding carboxylic acids is 2. The second kappa shape index (κ2) is 8.26. The Hall–Kier alpha value is -2.84. The van der Waals surface area contributed by atoms with Gasteiger partial charge in [0.1, 0.15) is 12.1 Å². The van der Waals surface area contributed by atoms with Crippen molar-refractivity contribution in [3.8, 4) is 0 Å². The molecule has 29 heavy (non-hydrogen) atoms. The fraction of sp³-hybridized carbons (Fsp3) is 0.550. The van der Waals surface area contributed by atoms with E-state index >= 15 is 0 Å². The van der Waals surface area contributed by atoms with E-state index in [9.17, 15) is 14.0 Å². The number of aryl methyl sites for hydroxylation is 1. The normalized spacial score (nSPS) is 21.9. The molecule has 4 rings (SSSR count). The first-order valence-corrected chi connectivity index (χ1v) is 10.1. The highest BCUT2D eigenvalue weighted by atomic mass is 19.1. The molecule has 8 nitrogen and oxygen atoms in total. The largest absolute Gasteiger partial charge is 0.342 e. The summed E-state index contributed by atoms with van der Waals surface area (Å²) < 4.78 is 15.6. The molecule has 2 aromatic rings. The van der Waals surface area contributed by atoms with Crippen LogP contribution in [0, 0.1) is 11.2 Å². The molecular formula is C20H25FN6O2. The maximum absolute atomic E-state index is 14.0. The molecule has 2 saturated heterocycles. The molecule has 0 bridgehead atoms.